The highest BCUT2D eigenvalue weighted by molar-refractivity contribution is 8.15. The zero-order chi connectivity index (χ0) is 15.6. The molecule has 1 saturated heterocycles. The Kier molecular flexibility index (Phi) is 4.52. The molecule has 0 radical (unpaired) electrons. The van der Waals surface area contributed by atoms with Crippen LogP contribution in [-0.4, -0.2) is 39.0 Å². The molecule has 1 heterocycles. The first kappa shape index (κ1) is 15.4. The summed E-state index contributed by atoms with van der Waals surface area (Å²) in [6.45, 7) is 4.21. The first-order valence-electron chi connectivity index (χ1n) is 6.51. The van der Waals surface area contributed by atoms with Crippen LogP contribution < -0.4 is 5.32 Å². The van der Waals surface area contributed by atoms with Crippen molar-refractivity contribution in [3.8, 4) is 0 Å². The van der Waals surface area contributed by atoms with E-state index in [1.165, 1.54) is 11.0 Å². The third-order valence-electron chi connectivity index (χ3n) is 2.92. The van der Waals surface area contributed by atoms with E-state index in [0.29, 0.717) is 12.2 Å². The summed E-state index contributed by atoms with van der Waals surface area (Å²) in [6.07, 6.45) is 0. The average molecular weight is 308 g/mol. The standard InChI is InChI=1S/C14H16N2O4S/c1-8(2)7-16-12(17)11(21-14(16)20)15-10-6-4-3-5-9(10)13(18)19/h3-6,8,11,15H,7H2,1-2H3,(H,18,19)/t11-/m0/s1. The minimum absolute atomic E-state index is 0.0701. The number of rotatable bonds is 5. The number of anilines is 1. The Bertz CT molecular complexity index is 588. The molecule has 2 rings (SSSR count). The number of imide groups is 1. The normalized spacial score (nSPS) is 18.4. The molecule has 21 heavy (non-hydrogen) atoms. The largest absolute Gasteiger partial charge is 0.478 e. The third kappa shape index (κ3) is 3.36. The lowest BCUT2D eigenvalue weighted by molar-refractivity contribution is -0.126. The summed E-state index contributed by atoms with van der Waals surface area (Å²) < 4.78 is 0. The van der Waals surface area contributed by atoms with Gasteiger partial charge in [0.25, 0.3) is 11.1 Å². The third-order valence-corrected chi connectivity index (χ3v) is 3.90. The van der Waals surface area contributed by atoms with E-state index in [9.17, 15) is 14.4 Å². The lowest BCUT2D eigenvalue weighted by Crippen LogP contribution is -2.36. The van der Waals surface area contributed by atoms with Crippen LogP contribution in [0.4, 0.5) is 10.5 Å². The second kappa shape index (κ2) is 6.17. The Balaban J connectivity index is 2.16. The Morgan fingerprint density at radius 3 is 2.67 bits per heavy atom. The summed E-state index contributed by atoms with van der Waals surface area (Å²) in [5.41, 5.74) is 0.399. The molecule has 2 amide bonds. The van der Waals surface area contributed by atoms with Crippen molar-refractivity contribution in [3.63, 3.8) is 0 Å². The average Bonchev–Trinajstić information content (AvgIpc) is 2.66. The van der Waals surface area contributed by atoms with Gasteiger partial charge in [-0.3, -0.25) is 14.5 Å². The Morgan fingerprint density at radius 2 is 2.05 bits per heavy atom. The molecule has 1 fully saturated rings. The highest BCUT2D eigenvalue weighted by atomic mass is 32.2. The molecule has 2 N–H and O–H groups in total. The quantitative estimate of drug-likeness (QED) is 0.869. The molecule has 1 aromatic rings. The molecule has 0 aromatic heterocycles. The van der Waals surface area contributed by atoms with Crippen molar-refractivity contribution in [2.45, 2.75) is 19.2 Å². The topological polar surface area (TPSA) is 86.7 Å². The number of thioether (sulfide) groups is 1. The Labute approximate surface area is 126 Å². The molecular weight excluding hydrogens is 292 g/mol. The van der Waals surface area contributed by atoms with E-state index in [-0.39, 0.29) is 22.6 Å². The van der Waals surface area contributed by atoms with E-state index in [4.69, 9.17) is 5.11 Å². The molecule has 1 atom stereocenters. The molecule has 0 unspecified atom stereocenters. The van der Waals surface area contributed by atoms with E-state index >= 15 is 0 Å². The summed E-state index contributed by atoms with van der Waals surface area (Å²) in [4.78, 5) is 36.4. The second-order valence-corrected chi connectivity index (χ2v) is 6.16. The van der Waals surface area contributed by atoms with Crippen molar-refractivity contribution in [2.75, 3.05) is 11.9 Å². The second-order valence-electron chi connectivity index (χ2n) is 5.10. The molecule has 0 spiro atoms. The number of carbonyl (C=O) groups is 3. The molecule has 0 bridgehead atoms. The first-order valence-corrected chi connectivity index (χ1v) is 7.39. The van der Waals surface area contributed by atoms with Crippen LogP contribution in [0.2, 0.25) is 0 Å². The highest BCUT2D eigenvalue weighted by Crippen LogP contribution is 2.29. The molecule has 6 nitrogen and oxygen atoms in total. The van der Waals surface area contributed by atoms with Crippen molar-refractivity contribution in [1.82, 2.24) is 4.90 Å². The summed E-state index contributed by atoms with van der Waals surface area (Å²) in [6, 6.07) is 6.30. The lowest BCUT2D eigenvalue weighted by atomic mass is 10.2. The molecule has 7 heteroatoms. The summed E-state index contributed by atoms with van der Waals surface area (Å²) in [5.74, 6) is -1.23. The monoisotopic (exact) mass is 308 g/mol. The van der Waals surface area contributed by atoms with Gasteiger partial charge in [0.2, 0.25) is 0 Å². The van der Waals surface area contributed by atoms with Crippen LogP contribution in [-0.2, 0) is 4.79 Å². The van der Waals surface area contributed by atoms with Gasteiger partial charge >= 0.3 is 5.97 Å². The number of aromatic carboxylic acids is 1. The number of nitrogens with one attached hydrogen (secondary N) is 1. The van der Waals surface area contributed by atoms with Crippen LogP contribution in [0.3, 0.4) is 0 Å². The Morgan fingerprint density at radius 1 is 1.38 bits per heavy atom. The van der Waals surface area contributed by atoms with Crippen molar-refractivity contribution in [1.29, 1.82) is 0 Å². The van der Waals surface area contributed by atoms with Crippen molar-refractivity contribution < 1.29 is 19.5 Å². The molecule has 1 aromatic carbocycles. The van der Waals surface area contributed by atoms with Gasteiger partial charge in [-0.05, 0) is 29.8 Å². The number of hydrogen-bond donors (Lipinski definition) is 2. The highest BCUT2D eigenvalue weighted by Gasteiger charge is 2.40. The van der Waals surface area contributed by atoms with Crippen LogP contribution in [0.5, 0.6) is 0 Å². The van der Waals surface area contributed by atoms with Gasteiger partial charge in [-0.2, -0.15) is 0 Å². The summed E-state index contributed by atoms with van der Waals surface area (Å²) >= 11 is 0.872. The van der Waals surface area contributed by atoms with Crippen LogP contribution in [0, 0.1) is 5.92 Å². The number of amides is 2. The number of carbonyl (C=O) groups excluding carboxylic acids is 2. The maximum absolute atomic E-state index is 12.2. The molecule has 1 aliphatic rings. The van der Waals surface area contributed by atoms with Gasteiger partial charge in [0, 0.05) is 12.2 Å². The van der Waals surface area contributed by atoms with Gasteiger partial charge in [-0.1, -0.05) is 26.0 Å². The van der Waals surface area contributed by atoms with E-state index in [0.717, 1.165) is 11.8 Å². The number of nitrogens with zero attached hydrogens (tertiary/aromatic N) is 1. The number of para-hydroxylation sites is 1. The number of benzene rings is 1. The number of hydrogen-bond acceptors (Lipinski definition) is 5. The van der Waals surface area contributed by atoms with Crippen LogP contribution >= 0.6 is 11.8 Å². The summed E-state index contributed by atoms with van der Waals surface area (Å²) in [5, 5.41) is 10.9. The maximum atomic E-state index is 12.2. The Hall–Kier alpha value is -2.02. The van der Waals surface area contributed by atoms with Gasteiger partial charge in [-0.15, -0.1) is 0 Å². The van der Waals surface area contributed by atoms with Crippen molar-refractivity contribution in [2.24, 2.45) is 5.92 Å². The fourth-order valence-corrected chi connectivity index (χ4v) is 2.91. The SMILES string of the molecule is CC(C)CN1C(=O)S[C@H](Nc2ccccc2C(=O)O)C1=O. The molecule has 0 aliphatic carbocycles. The first-order chi connectivity index (χ1) is 9.90. The smallest absolute Gasteiger partial charge is 0.337 e. The number of carboxylic acid groups (broad SMARTS) is 1. The van der Waals surface area contributed by atoms with Crippen molar-refractivity contribution in [3.05, 3.63) is 29.8 Å². The van der Waals surface area contributed by atoms with Gasteiger partial charge in [0.05, 0.1) is 5.56 Å². The maximum Gasteiger partial charge on any atom is 0.337 e. The van der Waals surface area contributed by atoms with Crippen LogP contribution in [0.1, 0.15) is 24.2 Å². The predicted octanol–water partition coefficient (Wildman–Crippen LogP) is 2.47. The lowest BCUT2D eigenvalue weighted by Gasteiger charge is -2.17. The molecule has 0 saturated carbocycles. The van der Waals surface area contributed by atoms with E-state index in [1.54, 1.807) is 18.2 Å². The summed E-state index contributed by atoms with van der Waals surface area (Å²) in [7, 11) is 0. The number of carboxylic acids is 1. The predicted molar refractivity (Wildman–Crippen MR) is 80.4 cm³/mol. The fourth-order valence-electron chi connectivity index (χ4n) is 2.00. The van der Waals surface area contributed by atoms with Crippen LogP contribution in [0.25, 0.3) is 0 Å². The molecular formula is C14H16N2O4S. The zero-order valence-corrected chi connectivity index (χ0v) is 12.5. The molecule has 112 valence electrons. The molecule has 1 aliphatic heterocycles. The van der Waals surface area contributed by atoms with Gasteiger partial charge in [-0.25, -0.2) is 4.79 Å². The zero-order valence-electron chi connectivity index (χ0n) is 11.7. The van der Waals surface area contributed by atoms with E-state index < -0.39 is 11.3 Å². The van der Waals surface area contributed by atoms with Gasteiger partial charge < -0.3 is 10.4 Å². The fraction of sp³-hybridized carbons (Fsp3) is 0.357. The van der Waals surface area contributed by atoms with E-state index in [2.05, 4.69) is 5.32 Å². The van der Waals surface area contributed by atoms with Gasteiger partial charge in [0.15, 0.2) is 5.37 Å². The van der Waals surface area contributed by atoms with E-state index in [1.807, 2.05) is 13.8 Å². The van der Waals surface area contributed by atoms with Crippen LogP contribution in [0.15, 0.2) is 24.3 Å². The van der Waals surface area contributed by atoms with Gasteiger partial charge in [0.1, 0.15) is 0 Å². The van der Waals surface area contributed by atoms with Crippen molar-refractivity contribution >= 4 is 34.6 Å². The minimum atomic E-state index is -1.08. The minimum Gasteiger partial charge on any atom is -0.478 e.